The minimum absolute atomic E-state index is 0.0141. The summed E-state index contributed by atoms with van der Waals surface area (Å²) in [5, 5.41) is 10.7. The van der Waals surface area contributed by atoms with Crippen LogP contribution in [0.25, 0.3) is 10.9 Å². The third-order valence-electron chi connectivity index (χ3n) is 7.38. The van der Waals surface area contributed by atoms with Gasteiger partial charge in [0.15, 0.2) is 0 Å². The van der Waals surface area contributed by atoms with Crippen LogP contribution in [0.2, 0.25) is 0 Å². The van der Waals surface area contributed by atoms with Crippen LogP contribution in [0.15, 0.2) is 71.7 Å². The van der Waals surface area contributed by atoms with E-state index in [1.165, 1.54) is 29.2 Å². The van der Waals surface area contributed by atoms with Crippen LogP contribution in [0.4, 0.5) is 28.9 Å². The van der Waals surface area contributed by atoms with E-state index in [1.807, 2.05) is 29.2 Å². The number of aliphatic carboxylic acids is 1. The molecule has 0 saturated carbocycles. The van der Waals surface area contributed by atoms with Crippen molar-refractivity contribution in [3.63, 3.8) is 0 Å². The van der Waals surface area contributed by atoms with Gasteiger partial charge in [-0.3, -0.25) is 4.79 Å². The van der Waals surface area contributed by atoms with Crippen LogP contribution in [-0.2, 0) is 24.1 Å². The van der Waals surface area contributed by atoms with Crippen LogP contribution < -0.4 is 9.64 Å². The summed E-state index contributed by atoms with van der Waals surface area (Å²) in [6, 6.07) is 15.7. The van der Waals surface area contributed by atoms with Gasteiger partial charge in [-0.25, -0.2) is 9.38 Å². The number of benzene rings is 3. The number of carboxylic acids is 1. The molecule has 40 heavy (non-hydrogen) atoms. The monoisotopic (exact) mass is 552 g/mol. The molecule has 0 spiro atoms. The van der Waals surface area contributed by atoms with Crippen LogP contribution in [0, 0.1) is 5.82 Å². The maximum atomic E-state index is 15.1. The molecule has 6 rings (SSSR count). The Morgan fingerprint density at radius 2 is 1.85 bits per heavy atom. The first kappa shape index (κ1) is 25.7. The lowest BCUT2D eigenvalue weighted by Crippen LogP contribution is -2.50. The number of fused-ring (bicyclic) bond motifs is 4. The van der Waals surface area contributed by atoms with Gasteiger partial charge in [-0.05, 0) is 42.5 Å². The number of carboxylic acid groups (broad SMARTS) is 1. The molecule has 3 heterocycles. The maximum Gasteiger partial charge on any atom is 0.416 e. The number of guanidine groups is 1. The van der Waals surface area contributed by atoms with E-state index in [9.17, 15) is 23.1 Å². The Morgan fingerprint density at radius 1 is 1.07 bits per heavy atom. The van der Waals surface area contributed by atoms with Crippen molar-refractivity contribution in [2.75, 3.05) is 18.6 Å². The number of rotatable bonds is 4. The summed E-state index contributed by atoms with van der Waals surface area (Å²) in [6.07, 6.45) is -5.09. The quantitative estimate of drug-likeness (QED) is 0.299. The van der Waals surface area contributed by atoms with E-state index in [-0.39, 0.29) is 17.3 Å². The third-order valence-corrected chi connectivity index (χ3v) is 7.38. The van der Waals surface area contributed by atoms with E-state index < -0.39 is 36.0 Å². The van der Waals surface area contributed by atoms with E-state index >= 15 is 4.39 Å². The predicted octanol–water partition coefficient (Wildman–Crippen LogP) is 6.35. The minimum Gasteiger partial charge on any atom is -0.496 e. The molecule has 0 fully saturated rings. The largest absolute Gasteiger partial charge is 0.496 e. The van der Waals surface area contributed by atoms with Crippen LogP contribution in [-0.4, -0.2) is 40.2 Å². The Bertz CT molecular complexity index is 1660. The Morgan fingerprint density at radius 3 is 2.60 bits per heavy atom. The molecule has 1 N–H and O–H groups in total. The molecule has 4 aromatic rings. The molecular formula is C29H24F4N4O3. The van der Waals surface area contributed by atoms with Gasteiger partial charge in [0, 0.05) is 35.4 Å². The fourth-order valence-corrected chi connectivity index (χ4v) is 5.62. The molecule has 3 aromatic carbocycles. The van der Waals surface area contributed by atoms with Gasteiger partial charge in [0.25, 0.3) is 0 Å². The van der Waals surface area contributed by atoms with Crippen molar-refractivity contribution >= 4 is 34.2 Å². The number of alkyl halides is 3. The summed E-state index contributed by atoms with van der Waals surface area (Å²) in [5.41, 5.74) is 1.40. The summed E-state index contributed by atoms with van der Waals surface area (Å²) in [7, 11) is 1.59. The van der Waals surface area contributed by atoms with Crippen molar-refractivity contribution in [1.82, 2.24) is 9.47 Å². The maximum absolute atomic E-state index is 15.1. The van der Waals surface area contributed by atoms with E-state index in [4.69, 9.17) is 4.74 Å². The number of hydrogen-bond donors (Lipinski definition) is 1. The standard InChI is InChI=1S/C29H24F4N4O3/c1-40-25-10-4-9-23-21(25)14-19-16-35(11-12-36(19)23)28-34-27-20(7-3-8-22(27)30)24(15-26(38)39)37(28)18-6-2-5-17(13-18)29(31,32)33/h2-10,13-14,24H,11-12,15-16H2,1H3,(H,38,39). The zero-order valence-electron chi connectivity index (χ0n) is 21.3. The molecule has 1 unspecified atom stereocenters. The zero-order valence-corrected chi connectivity index (χ0v) is 21.3. The van der Waals surface area contributed by atoms with Gasteiger partial charge < -0.3 is 24.2 Å². The fraction of sp³-hybridized carbons (Fsp3) is 0.241. The SMILES string of the molecule is COc1cccc2c1cc1n2CCN(C2=Nc3c(F)cccc3C(CC(=O)O)N2c2cccc(C(F)(F)F)c2)C1. The first-order valence-corrected chi connectivity index (χ1v) is 12.6. The number of halogens is 4. The molecule has 2 aliphatic heterocycles. The Kier molecular flexibility index (Phi) is 6.16. The van der Waals surface area contributed by atoms with Gasteiger partial charge in [-0.15, -0.1) is 0 Å². The number of para-hydroxylation sites is 1. The molecule has 11 heteroatoms. The number of carbonyl (C=O) groups is 1. The lowest BCUT2D eigenvalue weighted by Gasteiger charge is -2.43. The highest BCUT2D eigenvalue weighted by molar-refractivity contribution is 6.01. The second-order valence-electron chi connectivity index (χ2n) is 9.72. The number of hydrogen-bond acceptors (Lipinski definition) is 5. The first-order chi connectivity index (χ1) is 19.2. The topological polar surface area (TPSA) is 70.3 Å². The average molecular weight is 553 g/mol. The van der Waals surface area contributed by atoms with Crippen LogP contribution >= 0.6 is 0 Å². The second kappa shape index (κ2) is 9.58. The van der Waals surface area contributed by atoms with Gasteiger partial charge in [0.2, 0.25) is 5.96 Å². The highest BCUT2D eigenvalue weighted by atomic mass is 19.4. The van der Waals surface area contributed by atoms with E-state index in [2.05, 4.69) is 9.56 Å². The molecule has 206 valence electrons. The van der Waals surface area contributed by atoms with Gasteiger partial charge in [-0.1, -0.05) is 24.3 Å². The highest BCUT2D eigenvalue weighted by Gasteiger charge is 2.39. The average Bonchev–Trinajstić information content (AvgIpc) is 3.30. The van der Waals surface area contributed by atoms with Crippen molar-refractivity contribution in [1.29, 1.82) is 0 Å². The smallest absolute Gasteiger partial charge is 0.416 e. The normalized spacial score (nSPS) is 16.9. The second-order valence-corrected chi connectivity index (χ2v) is 9.72. The lowest BCUT2D eigenvalue weighted by atomic mass is 9.97. The summed E-state index contributed by atoms with van der Waals surface area (Å²) < 4.78 is 63.8. The number of anilines is 1. The van der Waals surface area contributed by atoms with Crippen LogP contribution in [0.3, 0.4) is 0 Å². The van der Waals surface area contributed by atoms with Gasteiger partial charge in [0.1, 0.15) is 17.3 Å². The van der Waals surface area contributed by atoms with Crippen molar-refractivity contribution in [3.05, 3.63) is 89.4 Å². The summed E-state index contributed by atoms with van der Waals surface area (Å²) in [4.78, 5) is 20.0. The summed E-state index contributed by atoms with van der Waals surface area (Å²) in [5.74, 6) is -0.912. The Balaban J connectivity index is 1.51. The molecule has 1 atom stereocenters. The van der Waals surface area contributed by atoms with Crippen molar-refractivity contribution in [2.45, 2.75) is 31.7 Å². The molecule has 0 radical (unpaired) electrons. The fourth-order valence-electron chi connectivity index (χ4n) is 5.62. The van der Waals surface area contributed by atoms with Crippen LogP contribution in [0.1, 0.15) is 29.3 Å². The van der Waals surface area contributed by atoms with E-state index in [0.717, 1.165) is 28.7 Å². The molecule has 0 amide bonds. The Hall–Kier alpha value is -4.54. The van der Waals surface area contributed by atoms with Gasteiger partial charge in [-0.2, -0.15) is 13.2 Å². The predicted molar refractivity (Wildman–Crippen MR) is 141 cm³/mol. The number of ether oxygens (including phenoxy) is 1. The lowest BCUT2D eigenvalue weighted by molar-refractivity contribution is -0.138. The molecule has 0 aliphatic carbocycles. The number of aromatic nitrogens is 1. The molecule has 0 saturated heterocycles. The zero-order chi connectivity index (χ0) is 28.2. The highest BCUT2D eigenvalue weighted by Crippen LogP contribution is 2.43. The van der Waals surface area contributed by atoms with Gasteiger partial charge >= 0.3 is 12.1 Å². The van der Waals surface area contributed by atoms with Crippen LogP contribution in [0.5, 0.6) is 5.75 Å². The summed E-state index contributed by atoms with van der Waals surface area (Å²) in [6.45, 7) is 1.25. The molecular weight excluding hydrogens is 528 g/mol. The van der Waals surface area contributed by atoms with Crippen molar-refractivity contribution < 1.29 is 32.2 Å². The van der Waals surface area contributed by atoms with E-state index in [1.54, 1.807) is 13.2 Å². The third kappa shape index (κ3) is 4.31. The molecule has 2 aliphatic rings. The van der Waals surface area contributed by atoms with E-state index in [0.29, 0.717) is 30.9 Å². The number of nitrogens with zero attached hydrogens (tertiary/aromatic N) is 4. The summed E-state index contributed by atoms with van der Waals surface area (Å²) >= 11 is 0. The minimum atomic E-state index is -4.61. The van der Waals surface area contributed by atoms with Crippen molar-refractivity contribution in [2.24, 2.45) is 4.99 Å². The number of aliphatic imine (C=N–C) groups is 1. The molecule has 0 bridgehead atoms. The van der Waals surface area contributed by atoms with Crippen molar-refractivity contribution in [3.8, 4) is 5.75 Å². The molecule has 7 nitrogen and oxygen atoms in total. The van der Waals surface area contributed by atoms with Gasteiger partial charge in [0.05, 0.1) is 37.2 Å². The molecule has 1 aromatic heterocycles. The first-order valence-electron chi connectivity index (χ1n) is 12.6. The number of methoxy groups -OCH3 is 1. The Labute approximate surface area is 226 Å².